The maximum absolute atomic E-state index is 14.3. The number of carbonyl (C=O) groups is 1. The number of hydrogen-bond donors (Lipinski definition) is 0. The van der Waals surface area contributed by atoms with Crippen molar-refractivity contribution in [2.45, 2.75) is 6.04 Å². The van der Waals surface area contributed by atoms with Gasteiger partial charge in [-0.15, -0.1) is 0 Å². The summed E-state index contributed by atoms with van der Waals surface area (Å²) in [6.07, 6.45) is 2.73. The number of nitriles is 1. The van der Waals surface area contributed by atoms with Crippen molar-refractivity contribution in [1.82, 2.24) is 14.9 Å². The molecule has 0 N–H and O–H groups in total. The van der Waals surface area contributed by atoms with E-state index in [0.29, 0.717) is 52.5 Å². The highest BCUT2D eigenvalue weighted by molar-refractivity contribution is 6.34. The molecular weight excluding hydrogens is 417 g/mol. The summed E-state index contributed by atoms with van der Waals surface area (Å²) in [5.41, 5.74) is 1.57. The van der Waals surface area contributed by atoms with E-state index in [1.165, 1.54) is 18.5 Å². The summed E-state index contributed by atoms with van der Waals surface area (Å²) in [6.45, 7) is 5.23. The van der Waals surface area contributed by atoms with E-state index >= 15 is 0 Å². The van der Waals surface area contributed by atoms with Gasteiger partial charge >= 0.3 is 0 Å². The highest BCUT2D eigenvalue weighted by Gasteiger charge is 2.32. The molecule has 1 atom stereocenters. The molecule has 4 rings (SSSR count). The predicted octanol–water partition coefficient (Wildman–Crippen LogP) is 3.86. The molecule has 3 aromatic rings. The lowest BCUT2D eigenvalue weighted by atomic mass is 10.0. The number of fused-ring (bicyclic) bond motifs is 1. The molecule has 0 aliphatic carbocycles. The molecule has 0 bridgehead atoms. The van der Waals surface area contributed by atoms with Crippen molar-refractivity contribution < 1.29 is 9.18 Å². The number of hydrogen-bond acceptors (Lipinski definition) is 6. The Morgan fingerprint density at radius 1 is 1.29 bits per heavy atom. The van der Waals surface area contributed by atoms with Crippen LogP contribution in [0.2, 0.25) is 5.02 Å². The van der Waals surface area contributed by atoms with Crippen molar-refractivity contribution in [3.63, 3.8) is 0 Å². The number of halogens is 2. The Morgan fingerprint density at radius 3 is 2.84 bits per heavy atom. The molecule has 0 radical (unpaired) electrons. The van der Waals surface area contributed by atoms with Crippen LogP contribution in [0, 0.1) is 17.1 Å². The molecule has 0 saturated carbocycles. The van der Waals surface area contributed by atoms with E-state index in [9.17, 15) is 9.18 Å². The lowest BCUT2D eigenvalue weighted by molar-refractivity contribution is -0.119. The van der Waals surface area contributed by atoms with Gasteiger partial charge in [0, 0.05) is 41.2 Å². The van der Waals surface area contributed by atoms with Crippen LogP contribution >= 0.6 is 11.6 Å². The second kappa shape index (κ2) is 8.80. The number of rotatable bonds is 5. The van der Waals surface area contributed by atoms with Crippen molar-refractivity contribution in [2.24, 2.45) is 0 Å². The summed E-state index contributed by atoms with van der Waals surface area (Å²) in [5, 5.41) is 10.2. The molecule has 2 aromatic carbocycles. The molecule has 31 heavy (non-hydrogen) atoms. The van der Waals surface area contributed by atoms with Crippen molar-refractivity contribution in [3.8, 4) is 17.2 Å². The fraction of sp³-hybridized carbons (Fsp3) is 0.217. The first kappa shape index (κ1) is 20.9. The molecule has 8 heteroatoms. The Bertz CT molecular complexity index is 1210. The van der Waals surface area contributed by atoms with Crippen LogP contribution in [0.25, 0.3) is 22.0 Å². The summed E-state index contributed by atoms with van der Waals surface area (Å²) in [4.78, 5) is 25.0. The van der Waals surface area contributed by atoms with Gasteiger partial charge in [0.2, 0.25) is 0 Å². The van der Waals surface area contributed by atoms with Gasteiger partial charge in [0.25, 0.3) is 0 Å². The van der Waals surface area contributed by atoms with E-state index in [4.69, 9.17) is 16.9 Å². The monoisotopic (exact) mass is 435 g/mol. The number of nitrogens with zero attached hydrogens (tertiary/aromatic N) is 5. The molecule has 156 valence electrons. The molecule has 1 fully saturated rings. The van der Waals surface area contributed by atoms with Crippen LogP contribution in [-0.2, 0) is 4.79 Å². The summed E-state index contributed by atoms with van der Waals surface area (Å²) in [7, 11) is 0. The first-order valence-corrected chi connectivity index (χ1v) is 10.1. The Morgan fingerprint density at radius 2 is 2.10 bits per heavy atom. The largest absolute Gasteiger partial charge is 0.353 e. The summed E-state index contributed by atoms with van der Waals surface area (Å²) in [6, 6.07) is 11.6. The Hall–Kier alpha value is -3.34. The van der Waals surface area contributed by atoms with Gasteiger partial charge in [-0.05, 0) is 24.3 Å². The standard InChI is InChI=1S/C23H19ClFN5O/c1-2-22(31)21-13-30(10-9-29(21)8-7-26)23-17-11-18(24)16(12-20(17)27-14-28-23)15-5-3-4-6-19(15)25/h2-6,11-12,14,21H,1,8-10,13H2. The van der Waals surface area contributed by atoms with Crippen molar-refractivity contribution >= 4 is 34.1 Å². The van der Waals surface area contributed by atoms with Crippen molar-refractivity contribution in [1.29, 1.82) is 5.26 Å². The second-order valence-electron chi connectivity index (χ2n) is 7.22. The number of aromatic nitrogens is 2. The molecule has 0 spiro atoms. The fourth-order valence-corrected chi connectivity index (χ4v) is 4.17. The predicted molar refractivity (Wildman–Crippen MR) is 118 cm³/mol. The third-order valence-corrected chi connectivity index (χ3v) is 5.77. The van der Waals surface area contributed by atoms with Crippen LogP contribution in [0.4, 0.5) is 10.2 Å². The lowest BCUT2D eigenvalue weighted by Crippen LogP contribution is -2.56. The van der Waals surface area contributed by atoms with Crippen LogP contribution < -0.4 is 4.90 Å². The number of carbonyl (C=O) groups excluding carboxylic acids is 1. The minimum Gasteiger partial charge on any atom is -0.353 e. The molecule has 1 unspecified atom stereocenters. The van der Waals surface area contributed by atoms with Crippen LogP contribution in [0.1, 0.15) is 0 Å². The maximum Gasteiger partial charge on any atom is 0.174 e. The van der Waals surface area contributed by atoms with Crippen LogP contribution in [0.3, 0.4) is 0 Å². The molecule has 1 aromatic heterocycles. The molecule has 1 saturated heterocycles. The molecule has 1 aliphatic rings. The van der Waals surface area contributed by atoms with E-state index in [1.807, 2.05) is 9.80 Å². The van der Waals surface area contributed by atoms with Gasteiger partial charge in [0.05, 0.1) is 24.2 Å². The summed E-state index contributed by atoms with van der Waals surface area (Å²) < 4.78 is 14.3. The first-order chi connectivity index (χ1) is 15.0. The SMILES string of the molecule is C=CC(=O)C1CN(c2ncnc3cc(-c4ccccc4F)c(Cl)cc23)CCN1CC#N. The van der Waals surface area contributed by atoms with E-state index in [0.717, 1.165) is 0 Å². The summed E-state index contributed by atoms with van der Waals surface area (Å²) >= 11 is 6.53. The number of ketones is 1. The van der Waals surface area contributed by atoms with E-state index in [1.54, 1.807) is 30.3 Å². The molecule has 6 nitrogen and oxygen atoms in total. The molecule has 1 aliphatic heterocycles. The van der Waals surface area contributed by atoms with Crippen LogP contribution in [0.15, 0.2) is 55.4 Å². The first-order valence-electron chi connectivity index (χ1n) is 9.75. The number of benzene rings is 2. The number of anilines is 1. The molecule has 0 amide bonds. The quantitative estimate of drug-likeness (QED) is 0.447. The normalized spacial score (nSPS) is 16.8. The molecule has 2 heterocycles. The van der Waals surface area contributed by atoms with E-state index in [-0.39, 0.29) is 18.1 Å². The zero-order chi connectivity index (χ0) is 22.0. The zero-order valence-electron chi connectivity index (χ0n) is 16.6. The lowest BCUT2D eigenvalue weighted by Gasteiger charge is -2.39. The molecular formula is C23H19ClFN5O. The highest BCUT2D eigenvalue weighted by atomic mass is 35.5. The minimum absolute atomic E-state index is 0.141. The van der Waals surface area contributed by atoms with Gasteiger partial charge in [-0.25, -0.2) is 14.4 Å². The van der Waals surface area contributed by atoms with Gasteiger partial charge in [0.15, 0.2) is 5.78 Å². The van der Waals surface area contributed by atoms with Gasteiger partial charge in [-0.3, -0.25) is 9.69 Å². The Balaban J connectivity index is 1.74. The van der Waals surface area contributed by atoms with Gasteiger partial charge < -0.3 is 4.90 Å². The van der Waals surface area contributed by atoms with E-state index in [2.05, 4.69) is 22.6 Å². The average Bonchev–Trinajstić information content (AvgIpc) is 2.79. The number of piperazine rings is 1. The third-order valence-electron chi connectivity index (χ3n) is 5.46. The third kappa shape index (κ3) is 4.00. The zero-order valence-corrected chi connectivity index (χ0v) is 17.4. The minimum atomic E-state index is -0.482. The van der Waals surface area contributed by atoms with Crippen LogP contribution in [0.5, 0.6) is 0 Å². The maximum atomic E-state index is 14.3. The van der Waals surface area contributed by atoms with E-state index < -0.39 is 6.04 Å². The fourth-order valence-electron chi connectivity index (χ4n) is 3.90. The Labute approximate surface area is 184 Å². The highest BCUT2D eigenvalue weighted by Crippen LogP contribution is 2.36. The van der Waals surface area contributed by atoms with Gasteiger partial charge in [-0.2, -0.15) is 5.26 Å². The summed E-state index contributed by atoms with van der Waals surface area (Å²) in [5.74, 6) is 0.140. The smallest absolute Gasteiger partial charge is 0.174 e. The second-order valence-corrected chi connectivity index (χ2v) is 7.63. The van der Waals surface area contributed by atoms with Crippen molar-refractivity contribution in [2.75, 3.05) is 31.1 Å². The van der Waals surface area contributed by atoms with Crippen molar-refractivity contribution in [3.05, 3.63) is 66.2 Å². The van der Waals surface area contributed by atoms with Crippen LogP contribution in [-0.4, -0.2) is 52.9 Å². The Kier molecular flexibility index (Phi) is 5.94. The van der Waals surface area contributed by atoms with Gasteiger partial charge in [-0.1, -0.05) is 36.4 Å². The van der Waals surface area contributed by atoms with Gasteiger partial charge in [0.1, 0.15) is 18.0 Å². The topological polar surface area (TPSA) is 73.1 Å². The average molecular weight is 436 g/mol.